The van der Waals surface area contributed by atoms with Crippen LogP contribution in [0.1, 0.15) is 12.0 Å². The third-order valence-electron chi connectivity index (χ3n) is 4.54. The molecule has 0 aromatic heterocycles. The van der Waals surface area contributed by atoms with Gasteiger partial charge in [0.25, 0.3) is 5.91 Å². The summed E-state index contributed by atoms with van der Waals surface area (Å²) in [6.45, 7) is 0.358. The molecule has 6 nitrogen and oxygen atoms in total. The molecule has 0 radical (unpaired) electrons. The van der Waals surface area contributed by atoms with Crippen molar-refractivity contribution in [1.82, 2.24) is 5.32 Å². The number of ketones is 1. The standard InChI is InChI=1S/C20H18Cl2N2O4/c21-16-8-3-12(10-17(16)22)2-1-9-23-19(27)15-11-24(20(28)18(15)26)13-4-6-14(25)7-5-13/h3-8,10,15,25H,1-2,9,11H2,(H,23,27). The van der Waals surface area contributed by atoms with Gasteiger partial charge in [-0.1, -0.05) is 29.3 Å². The molecule has 0 bridgehead atoms. The number of nitrogens with one attached hydrogen (secondary N) is 1. The van der Waals surface area contributed by atoms with Crippen LogP contribution in [0.2, 0.25) is 10.0 Å². The van der Waals surface area contributed by atoms with Gasteiger partial charge < -0.3 is 15.3 Å². The Morgan fingerprint density at radius 3 is 2.50 bits per heavy atom. The molecule has 0 spiro atoms. The van der Waals surface area contributed by atoms with Crippen molar-refractivity contribution < 1.29 is 19.5 Å². The van der Waals surface area contributed by atoms with E-state index in [1.165, 1.54) is 29.2 Å². The van der Waals surface area contributed by atoms with Crippen molar-refractivity contribution in [3.8, 4) is 5.75 Å². The Kier molecular flexibility index (Phi) is 6.21. The van der Waals surface area contributed by atoms with Crippen LogP contribution in [0.5, 0.6) is 5.75 Å². The van der Waals surface area contributed by atoms with Crippen LogP contribution < -0.4 is 10.2 Å². The Hall–Kier alpha value is -2.57. The average Bonchev–Trinajstić information content (AvgIpc) is 2.97. The first-order chi connectivity index (χ1) is 13.4. The van der Waals surface area contributed by atoms with Gasteiger partial charge in [-0.3, -0.25) is 14.4 Å². The zero-order chi connectivity index (χ0) is 20.3. The number of nitrogens with zero attached hydrogens (tertiary/aromatic N) is 1. The number of anilines is 1. The van der Waals surface area contributed by atoms with Gasteiger partial charge >= 0.3 is 0 Å². The van der Waals surface area contributed by atoms with Crippen LogP contribution in [0.4, 0.5) is 5.69 Å². The van der Waals surface area contributed by atoms with Crippen molar-refractivity contribution in [3.63, 3.8) is 0 Å². The summed E-state index contributed by atoms with van der Waals surface area (Å²) in [4.78, 5) is 38.0. The number of rotatable bonds is 6. The minimum atomic E-state index is -1.04. The van der Waals surface area contributed by atoms with Gasteiger partial charge in [-0.2, -0.15) is 0 Å². The van der Waals surface area contributed by atoms with E-state index in [1.807, 2.05) is 6.07 Å². The third kappa shape index (κ3) is 4.46. The van der Waals surface area contributed by atoms with Crippen LogP contribution in [0.3, 0.4) is 0 Å². The molecule has 0 saturated carbocycles. The fraction of sp³-hybridized carbons (Fsp3) is 0.250. The van der Waals surface area contributed by atoms with Gasteiger partial charge in [0.1, 0.15) is 11.7 Å². The summed E-state index contributed by atoms with van der Waals surface area (Å²) in [5, 5.41) is 13.0. The first-order valence-corrected chi connectivity index (χ1v) is 9.49. The van der Waals surface area contributed by atoms with E-state index >= 15 is 0 Å². The largest absolute Gasteiger partial charge is 0.508 e. The Bertz CT molecular complexity index is 915. The molecule has 2 amide bonds. The summed E-state index contributed by atoms with van der Waals surface area (Å²) in [5.74, 6) is -2.89. The van der Waals surface area contributed by atoms with Crippen LogP contribution in [0.25, 0.3) is 0 Å². The predicted octanol–water partition coefficient (Wildman–Crippen LogP) is 2.98. The minimum Gasteiger partial charge on any atom is -0.508 e. The molecule has 0 aliphatic carbocycles. The smallest absolute Gasteiger partial charge is 0.295 e. The van der Waals surface area contributed by atoms with Crippen LogP contribution in [-0.2, 0) is 20.8 Å². The highest BCUT2D eigenvalue weighted by atomic mass is 35.5. The lowest BCUT2D eigenvalue weighted by Gasteiger charge is -2.15. The van der Waals surface area contributed by atoms with Gasteiger partial charge in [-0.05, 0) is 54.8 Å². The average molecular weight is 421 g/mol. The van der Waals surface area contributed by atoms with E-state index in [0.29, 0.717) is 35.1 Å². The molecule has 3 rings (SSSR count). The lowest BCUT2D eigenvalue weighted by molar-refractivity contribution is -0.139. The van der Waals surface area contributed by atoms with Gasteiger partial charge in [0.05, 0.1) is 10.0 Å². The van der Waals surface area contributed by atoms with Crippen molar-refractivity contribution in [2.45, 2.75) is 12.8 Å². The van der Waals surface area contributed by atoms with Crippen LogP contribution in [-0.4, -0.2) is 35.8 Å². The molecular formula is C20H18Cl2N2O4. The van der Waals surface area contributed by atoms with Crippen LogP contribution >= 0.6 is 23.2 Å². The van der Waals surface area contributed by atoms with E-state index in [-0.39, 0.29) is 12.3 Å². The molecule has 1 fully saturated rings. The SMILES string of the molecule is O=C(NCCCc1ccc(Cl)c(Cl)c1)C1CN(c2ccc(O)cc2)C(=O)C1=O. The lowest BCUT2D eigenvalue weighted by atomic mass is 10.1. The molecule has 1 saturated heterocycles. The quantitative estimate of drug-likeness (QED) is 0.427. The van der Waals surface area contributed by atoms with E-state index in [9.17, 15) is 19.5 Å². The first-order valence-electron chi connectivity index (χ1n) is 8.73. The summed E-state index contributed by atoms with van der Waals surface area (Å²) in [6, 6.07) is 11.3. The Labute approximate surface area is 172 Å². The highest BCUT2D eigenvalue weighted by Gasteiger charge is 2.43. The molecule has 2 aromatic carbocycles. The maximum Gasteiger partial charge on any atom is 0.295 e. The number of hydrogen-bond acceptors (Lipinski definition) is 4. The monoisotopic (exact) mass is 420 g/mol. The predicted molar refractivity (Wildman–Crippen MR) is 107 cm³/mol. The van der Waals surface area contributed by atoms with Crippen molar-refractivity contribution in [2.75, 3.05) is 18.0 Å². The van der Waals surface area contributed by atoms with Crippen molar-refractivity contribution in [1.29, 1.82) is 0 Å². The maximum absolute atomic E-state index is 12.4. The fourth-order valence-electron chi connectivity index (χ4n) is 3.01. The van der Waals surface area contributed by atoms with E-state index in [2.05, 4.69) is 5.32 Å². The van der Waals surface area contributed by atoms with Gasteiger partial charge in [0, 0.05) is 18.8 Å². The summed E-state index contributed by atoms with van der Waals surface area (Å²) < 4.78 is 0. The second-order valence-corrected chi connectivity index (χ2v) is 7.31. The topological polar surface area (TPSA) is 86.7 Å². The number of hydrogen-bond donors (Lipinski definition) is 2. The number of Topliss-reactive ketones (excluding diaryl/α,β-unsaturated/α-hetero) is 1. The van der Waals surface area contributed by atoms with Crippen molar-refractivity contribution in [3.05, 3.63) is 58.1 Å². The number of phenols is 1. The molecule has 146 valence electrons. The summed E-state index contributed by atoms with van der Waals surface area (Å²) >= 11 is 11.9. The summed E-state index contributed by atoms with van der Waals surface area (Å²) in [6.07, 6.45) is 1.34. The normalized spacial score (nSPS) is 16.5. The van der Waals surface area contributed by atoms with Crippen LogP contribution in [0, 0.1) is 5.92 Å². The molecule has 1 aliphatic heterocycles. The highest BCUT2D eigenvalue weighted by Crippen LogP contribution is 2.25. The lowest BCUT2D eigenvalue weighted by Crippen LogP contribution is -2.36. The molecule has 28 heavy (non-hydrogen) atoms. The highest BCUT2D eigenvalue weighted by molar-refractivity contribution is 6.47. The zero-order valence-electron chi connectivity index (χ0n) is 14.8. The summed E-state index contributed by atoms with van der Waals surface area (Å²) in [5.41, 5.74) is 1.46. The van der Waals surface area contributed by atoms with E-state index in [4.69, 9.17) is 23.2 Å². The Balaban J connectivity index is 1.52. The first kappa shape index (κ1) is 20.2. The van der Waals surface area contributed by atoms with Gasteiger partial charge in [0.2, 0.25) is 11.7 Å². The fourth-order valence-corrected chi connectivity index (χ4v) is 3.33. The maximum atomic E-state index is 12.4. The number of benzene rings is 2. The number of amides is 2. The minimum absolute atomic E-state index is 0.0128. The van der Waals surface area contributed by atoms with Crippen molar-refractivity contribution >= 4 is 46.5 Å². The Morgan fingerprint density at radius 1 is 1.11 bits per heavy atom. The Morgan fingerprint density at radius 2 is 1.82 bits per heavy atom. The molecule has 2 N–H and O–H groups in total. The molecular weight excluding hydrogens is 403 g/mol. The van der Waals surface area contributed by atoms with Gasteiger partial charge in [-0.25, -0.2) is 0 Å². The molecule has 1 heterocycles. The molecule has 1 aliphatic rings. The van der Waals surface area contributed by atoms with Crippen LogP contribution in [0.15, 0.2) is 42.5 Å². The number of aromatic hydroxyl groups is 1. The number of phenolic OH excluding ortho intramolecular Hbond substituents is 1. The molecule has 2 aromatic rings. The number of carbonyl (C=O) groups excluding carboxylic acids is 3. The molecule has 1 unspecified atom stereocenters. The third-order valence-corrected chi connectivity index (χ3v) is 5.28. The van der Waals surface area contributed by atoms with Crippen molar-refractivity contribution in [2.24, 2.45) is 5.92 Å². The van der Waals surface area contributed by atoms with E-state index < -0.39 is 23.5 Å². The second-order valence-electron chi connectivity index (χ2n) is 6.49. The van der Waals surface area contributed by atoms with E-state index in [1.54, 1.807) is 12.1 Å². The zero-order valence-corrected chi connectivity index (χ0v) is 16.3. The van der Waals surface area contributed by atoms with Gasteiger partial charge in [-0.15, -0.1) is 0 Å². The molecule has 8 heteroatoms. The van der Waals surface area contributed by atoms with E-state index in [0.717, 1.165) is 5.56 Å². The number of aryl methyl sites for hydroxylation is 1. The summed E-state index contributed by atoms with van der Waals surface area (Å²) in [7, 11) is 0. The number of halogens is 2. The second kappa shape index (κ2) is 8.63. The van der Waals surface area contributed by atoms with Gasteiger partial charge in [0.15, 0.2) is 0 Å². The number of carbonyl (C=O) groups is 3. The molecule has 1 atom stereocenters.